The minimum Gasteiger partial charge on any atom is -0.297 e. The van der Waals surface area contributed by atoms with Crippen LogP contribution in [-0.4, -0.2) is 21.8 Å². The molecule has 0 bridgehead atoms. The molecule has 1 amide bonds. The van der Waals surface area contributed by atoms with Crippen LogP contribution in [0.3, 0.4) is 0 Å². The molecule has 27 heavy (non-hydrogen) atoms. The largest absolute Gasteiger partial charge is 0.297 e. The zero-order chi connectivity index (χ0) is 19.4. The van der Waals surface area contributed by atoms with Gasteiger partial charge in [-0.25, -0.2) is 15.0 Å². The molecule has 8 heteroatoms. The predicted octanol–water partition coefficient (Wildman–Crippen LogP) is 4.35. The average molecular weight is 402 g/mol. The first-order valence-corrected chi connectivity index (χ1v) is 8.95. The van der Waals surface area contributed by atoms with Crippen molar-refractivity contribution in [3.63, 3.8) is 0 Å². The monoisotopic (exact) mass is 401 g/mol. The molecule has 3 rings (SSSR count). The lowest BCUT2D eigenvalue weighted by Crippen LogP contribution is -2.35. The smallest absolute Gasteiger partial charge is 0.230 e. The van der Waals surface area contributed by atoms with E-state index in [9.17, 15) is 4.79 Å². The summed E-state index contributed by atoms with van der Waals surface area (Å²) in [6.07, 6.45) is 0. The van der Waals surface area contributed by atoms with Crippen LogP contribution in [0.4, 0.5) is 5.95 Å². The molecule has 0 aliphatic carbocycles. The topological polar surface area (TPSA) is 79.3 Å². The Morgan fingerprint density at radius 3 is 2.48 bits per heavy atom. The molecule has 3 aromatic rings. The second kappa shape index (κ2) is 8.33. The van der Waals surface area contributed by atoms with Crippen molar-refractivity contribution >= 4 is 51.9 Å². The SMILES string of the molecule is CC(=O)NC(=NCc1c(Cl)cccc1Cl)Nc1nc(C)c2ccccc2n1. The molecule has 1 aromatic heterocycles. The fraction of sp³-hybridized carbons (Fsp3) is 0.158. The highest BCUT2D eigenvalue weighted by molar-refractivity contribution is 6.36. The summed E-state index contributed by atoms with van der Waals surface area (Å²) in [5, 5.41) is 7.57. The summed E-state index contributed by atoms with van der Waals surface area (Å²) >= 11 is 12.4. The van der Waals surface area contributed by atoms with Gasteiger partial charge in [-0.1, -0.05) is 47.5 Å². The molecule has 0 aliphatic rings. The van der Waals surface area contributed by atoms with Gasteiger partial charge in [0.15, 0.2) is 0 Å². The number of fused-ring (bicyclic) bond motifs is 1. The summed E-state index contributed by atoms with van der Waals surface area (Å²) in [6, 6.07) is 12.9. The summed E-state index contributed by atoms with van der Waals surface area (Å²) in [7, 11) is 0. The minimum atomic E-state index is -0.274. The number of carbonyl (C=O) groups is 1. The predicted molar refractivity (Wildman–Crippen MR) is 109 cm³/mol. The van der Waals surface area contributed by atoms with Crippen LogP contribution in [0.5, 0.6) is 0 Å². The Labute approximate surface area is 166 Å². The molecule has 0 saturated carbocycles. The summed E-state index contributed by atoms with van der Waals surface area (Å²) in [5.74, 6) is 0.279. The van der Waals surface area contributed by atoms with Gasteiger partial charge >= 0.3 is 0 Å². The van der Waals surface area contributed by atoms with E-state index >= 15 is 0 Å². The standard InChI is InChI=1S/C19H17Cl2N5O/c1-11-13-6-3-4-9-17(13)25-19(23-11)26-18(24-12(2)27)22-10-14-15(20)7-5-8-16(14)21/h3-9H,10H2,1-2H3,(H2,22,23,24,25,26,27). The van der Waals surface area contributed by atoms with Crippen molar-refractivity contribution in [2.45, 2.75) is 20.4 Å². The van der Waals surface area contributed by atoms with Crippen LogP contribution in [0, 0.1) is 6.92 Å². The van der Waals surface area contributed by atoms with Crippen LogP contribution in [0.1, 0.15) is 18.2 Å². The molecule has 2 N–H and O–H groups in total. The Kier molecular flexibility index (Phi) is 5.88. The molecule has 0 aliphatic heterocycles. The number of benzene rings is 2. The van der Waals surface area contributed by atoms with Gasteiger partial charge in [0, 0.05) is 27.9 Å². The van der Waals surface area contributed by atoms with Crippen LogP contribution >= 0.6 is 23.2 Å². The number of para-hydroxylation sites is 1. The number of amides is 1. The number of hydrogen-bond acceptors (Lipinski definition) is 4. The van der Waals surface area contributed by atoms with Crippen molar-refractivity contribution in [3.8, 4) is 0 Å². The van der Waals surface area contributed by atoms with Gasteiger partial charge in [-0.2, -0.15) is 0 Å². The number of aliphatic imine (C=N–C) groups is 1. The van der Waals surface area contributed by atoms with E-state index in [0.717, 1.165) is 16.6 Å². The van der Waals surface area contributed by atoms with E-state index < -0.39 is 0 Å². The molecular weight excluding hydrogens is 385 g/mol. The van der Waals surface area contributed by atoms with E-state index in [1.54, 1.807) is 18.2 Å². The molecule has 0 radical (unpaired) electrons. The molecule has 0 fully saturated rings. The van der Waals surface area contributed by atoms with Crippen LogP contribution in [0.25, 0.3) is 10.9 Å². The maximum absolute atomic E-state index is 11.5. The van der Waals surface area contributed by atoms with Gasteiger partial charge in [-0.15, -0.1) is 0 Å². The molecule has 138 valence electrons. The number of nitrogens with zero attached hydrogens (tertiary/aromatic N) is 3. The number of aromatic nitrogens is 2. The number of rotatable bonds is 3. The first-order valence-electron chi connectivity index (χ1n) is 8.19. The zero-order valence-corrected chi connectivity index (χ0v) is 16.3. The fourth-order valence-electron chi connectivity index (χ4n) is 2.52. The molecule has 0 spiro atoms. The molecule has 2 aromatic carbocycles. The van der Waals surface area contributed by atoms with Crippen LogP contribution in [-0.2, 0) is 11.3 Å². The number of hydrogen-bond donors (Lipinski definition) is 2. The Morgan fingerprint density at radius 2 is 1.78 bits per heavy atom. The van der Waals surface area contributed by atoms with Crippen molar-refractivity contribution < 1.29 is 4.79 Å². The first-order chi connectivity index (χ1) is 12.9. The summed E-state index contributed by atoms with van der Waals surface area (Å²) in [6.45, 7) is 3.48. The lowest BCUT2D eigenvalue weighted by atomic mass is 10.2. The van der Waals surface area contributed by atoms with E-state index in [0.29, 0.717) is 21.6 Å². The summed E-state index contributed by atoms with van der Waals surface area (Å²) < 4.78 is 0. The van der Waals surface area contributed by atoms with Gasteiger partial charge in [0.05, 0.1) is 17.8 Å². The molecular formula is C19H17Cl2N5O. The Bertz CT molecular complexity index is 1020. The third kappa shape index (κ3) is 4.72. The number of nitrogens with one attached hydrogen (secondary N) is 2. The quantitative estimate of drug-likeness (QED) is 0.504. The van der Waals surface area contributed by atoms with E-state index in [1.165, 1.54) is 6.92 Å². The molecule has 6 nitrogen and oxygen atoms in total. The lowest BCUT2D eigenvalue weighted by molar-refractivity contribution is -0.117. The zero-order valence-electron chi connectivity index (χ0n) is 14.8. The van der Waals surface area contributed by atoms with Crippen molar-refractivity contribution in [2.75, 3.05) is 5.32 Å². The third-order valence-electron chi connectivity index (χ3n) is 3.78. The van der Waals surface area contributed by atoms with Crippen molar-refractivity contribution in [2.24, 2.45) is 4.99 Å². The van der Waals surface area contributed by atoms with Gasteiger partial charge < -0.3 is 0 Å². The van der Waals surface area contributed by atoms with Gasteiger partial charge in [0.25, 0.3) is 0 Å². The maximum Gasteiger partial charge on any atom is 0.230 e. The van der Waals surface area contributed by atoms with Crippen LogP contribution in [0.2, 0.25) is 10.0 Å². The Morgan fingerprint density at radius 1 is 1.07 bits per heavy atom. The van der Waals surface area contributed by atoms with E-state index in [4.69, 9.17) is 23.2 Å². The highest BCUT2D eigenvalue weighted by Crippen LogP contribution is 2.25. The lowest BCUT2D eigenvalue weighted by Gasteiger charge is -2.11. The fourth-order valence-corrected chi connectivity index (χ4v) is 3.03. The highest BCUT2D eigenvalue weighted by Gasteiger charge is 2.10. The van der Waals surface area contributed by atoms with Gasteiger partial charge in [-0.05, 0) is 25.1 Å². The number of aryl methyl sites for hydroxylation is 1. The second-order valence-corrected chi connectivity index (χ2v) is 6.64. The number of anilines is 1. The van der Waals surface area contributed by atoms with E-state index in [2.05, 4.69) is 25.6 Å². The Hall–Kier alpha value is -2.70. The van der Waals surface area contributed by atoms with Crippen LogP contribution in [0.15, 0.2) is 47.5 Å². The van der Waals surface area contributed by atoms with Gasteiger partial charge in [-0.3, -0.25) is 15.4 Å². The Balaban J connectivity index is 1.90. The minimum absolute atomic E-state index is 0.188. The second-order valence-electron chi connectivity index (χ2n) is 5.82. The van der Waals surface area contributed by atoms with Crippen molar-refractivity contribution in [1.82, 2.24) is 15.3 Å². The third-order valence-corrected chi connectivity index (χ3v) is 4.48. The van der Waals surface area contributed by atoms with E-state index in [-0.39, 0.29) is 18.4 Å². The highest BCUT2D eigenvalue weighted by atomic mass is 35.5. The molecule has 1 heterocycles. The first kappa shape index (κ1) is 19.1. The summed E-state index contributed by atoms with van der Waals surface area (Å²) in [5.41, 5.74) is 2.28. The van der Waals surface area contributed by atoms with Gasteiger partial charge in [0.1, 0.15) is 0 Å². The maximum atomic E-state index is 11.5. The van der Waals surface area contributed by atoms with E-state index in [1.807, 2.05) is 31.2 Å². The van der Waals surface area contributed by atoms with Crippen LogP contribution < -0.4 is 10.6 Å². The summed E-state index contributed by atoms with van der Waals surface area (Å²) in [4.78, 5) is 24.8. The molecule has 0 saturated heterocycles. The average Bonchev–Trinajstić information content (AvgIpc) is 2.61. The normalized spacial score (nSPS) is 11.5. The molecule has 0 unspecified atom stereocenters. The van der Waals surface area contributed by atoms with Gasteiger partial charge in [0.2, 0.25) is 17.8 Å². The number of halogens is 2. The molecule has 0 atom stereocenters. The van der Waals surface area contributed by atoms with Crippen molar-refractivity contribution in [3.05, 3.63) is 63.8 Å². The van der Waals surface area contributed by atoms with Crippen molar-refractivity contribution in [1.29, 1.82) is 0 Å². The number of guanidine groups is 1. The number of carbonyl (C=O) groups excluding carboxylic acids is 1.